The molecule has 0 unspecified atom stereocenters. The molecule has 1 aliphatic rings. The Hall–Kier alpha value is -2.77. The molecule has 3 rings (SSSR count). The van der Waals surface area contributed by atoms with Gasteiger partial charge in [-0.15, -0.1) is 0 Å². The number of ether oxygens (including phenoxy) is 1. The molecule has 0 radical (unpaired) electrons. The van der Waals surface area contributed by atoms with E-state index in [2.05, 4.69) is 9.88 Å². The van der Waals surface area contributed by atoms with Gasteiger partial charge >= 0.3 is 6.09 Å². The van der Waals surface area contributed by atoms with Gasteiger partial charge in [0.2, 0.25) is 11.9 Å². The topological polar surface area (TPSA) is 93.7 Å². The zero-order valence-corrected chi connectivity index (χ0v) is 13.9. The van der Waals surface area contributed by atoms with E-state index in [-0.39, 0.29) is 5.91 Å². The van der Waals surface area contributed by atoms with Gasteiger partial charge in [0.05, 0.1) is 5.52 Å². The molecule has 0 spiro atoms. The third kappa shape index (κ3) is 2.99. The summed E-state index contributed by atoms with van der Waals surface area (Å²) in [5, 5.41) is 0. The second kappa shape index (κ2) is 6.38. The Morgan fingerprint density at radius 3 is 2.71 bits per heavy atom. The highest BCUT2D eigenvalue weighted by molar-refractivity contribution is 5.87. The Morgan fingerprint density at radius 2 is 2.00 bits per heavy atom. The van der Waals surface area contributed by atoms with Crippen molar-refractivity contribution in [1.82, 2.24) is 14.5 Å². The molecule has 0 atom stereocenters. The van der Waals surface area contributed by atoms with Crippen LogP contribution in [0.1, 0.15) is 13.3 Å². The standard InChI is InChI=1S/C16H21N5O3/c1-11(22)20-7-4-8-21(10-9-20)16-18-14-12(19(16)2)5-3-6-13(14)24-15(17)23/h3,5-6H,4,7-10H2,1-2H3,(H2,17,23). The van der Waals surface area contributed by atoms with Crippen LogP contribution in [0.5, 0.6) is 5.75 Å². The van der Waals surface area contributed by atoms with Crippen LogP contribution in [0.4, 0.5) is 10.7 Å². The molecule has 2 aromatic rings. The van der Waals surface area contributed by atoms with Gasteiger partial charge in [-0.25, -0.2) is 9.78 Å². The van der Waals surface area contributed by atoms with Crippen molar-refractivity contribution >= 4 is 29.0 Å². The van der Waals surface area contributed by atoms with Crippen LogP contribution in [0.3, 0.4) is 0 Å². The molecule has 24 heavy (non-hydrogen) atoms. The highest BCUT2D eigenvalue weighted by atomic mass is 16.5. The first kappa shape index (κ1) is 16.1. The van der Waals surface area contributed by atoms with E-state index >= 15 is 0 Å². The van der Waals surface area contributed by atoms with Gasteiger partial charge in [0.15, 0.2) is 5.75 Å². The Morgan fingerprint density at radius 1 is 1.21 bits per heavy atom. The van der Waals surface area contributed by atoms with E-state index < -0.39 is 6.09 Å². The number of imidazole rings is 1. The maximum Gasteiger partial charge on any atom is 0.410 e. The first-order valence-corrected chi connectivity index (χ1v) is 7.90. The van der Waals surface area contributed by atoms with Gasteiger partial charge in [-0.2, -0.15) is 0 Å². The summed E-state index contributed by atoms with van der Waals surface area (Å²) in [7, 11) is 1.92. The van der Waals surface area contributed by atoms with E-state index in [0.29, 0.717) is 24.4 Å². The third-order valence-corrected chi connectivity index (χ3v) is 4.29. The van der Waals surface area contributed by atoms with Crippen LogP contribution < -0.4 is 15.4 Å². The average molecular weight is 331 g/mol. The number of nitrogens with zero attached hydrogens (tertiary/aromatic N) is 4. The Balaban J connectivity index is 1.93. The SMILES string of the molecule is CC(=O)N1CCCN(c2nc3c(OC(N)=O)cccc3n2C)CC1. The summed E-state index contributed by atoms with van der Waals surface area (Å²) in [5.41, 5.74) is 6.58. The Labute approximate surface area is 139 Å². The number of primary amides is 1. The summed E-state index contributed by atoms with van der Waals surface area (Å²) >= 11 is 0. The number of nitrogens with two attached hydrogens (primary N) is 1. The van der Waals surface area contributed by atoms with E-state index in [1.165, 1.54) is 0 Å². The van der Waals surface area contributed by atoms with Gasteiger partial charge in [-0.3, -0.25) is 4.79 Å². The molecule has 128 valence electrons. The Kier molecular flexibility index (Phi) is 4.28. The molecule has 0 saturated carbocycles. The quantitative estimate of drug-likeness (QED) is 0.889. The van der Waals surface area contributed by atoms with Gasteiger partial charge < -0.3 is 24.8 Å². The van der Waals surface area contributed by atoms with Gasteiger partial charge in [0.25, 0.3) is 0 Å². The molecule has 1 aromatic carbocycles. The van der Waals surface area contributed by atoms with Crippen molar-refractivity contribution in [3.63, 3.8) is 0 Å². The number of benzene rings is 1. The molecule has 8 heteroatoms. The summed E-state index contributed by atoms with van der Waals surface area (Å²) in [6.45, 7) is 4.54. The Bertz CT molecular complexity index is 785. The summed E-state index contributed by atoms with van der Waals surface area (Å²) in [6, 6.07) is 5.38. The van der Waals surface area contributed by atoms with Crippen molar-refractivity contribution < 1.29 is 14.3 Å². The molecule has 2 N–H and O–H groups in total. The van der Waals surface area contributed by atoms with E-state index in [4.69, 9.17) is 10.5 Å². The summed E-state index contributed by atoms with van der Waals surface area (Å²) in [6.07, 6.45) is 0.0227. The van der Waals surface area contributed by atoms with Crippen molar-refractivity contribution in [2.24, 2.45) is 12.8 Å². The minimum absolute atomic E-state index is 0.0963. The number of carbonyl (C=O) groups excluding carboxylic acids is 2. The van der Waals surface area contributed by atoms with Crippen molar-refractivity contribution in [3.05, 3.63) is 18.2 Å². The molecular weight excluding hydrogens is 310 g/mol. The average Bonchev–Trinajstić information content (AvgIpc) is 2.72. The minimum atomic E-state index is -0.860. The van der Waals surface area contributed by atoms with E-state index in [0.717, 1.165) is 31.0 Å². The molecule has 0 bridgehead atoms. The smallest absolute Gasteiger partial charge is 0.408 e. The number of rotatable bonds is 2. The fourth-order valence-corrected chi connectivity index (χ4v) is 3.08. The molecule has 1 saturated heterocycles. The van der Waals surface area contributed by atoms with Crippen molar-refractivity contribution in [3.8, 4) is 5.75 Å². The largest absolute Gasteiger partial charge is 0.410 e. The number of aryl methyl sites for hydroxylation is 1. The fraction of sp³-hybridized carbons (Fsp3) is 0.438. The fourth-order valence-electron chi connectivity index (χ4n) is 3.08. The molecule has 1 fully saturated rings. The van der Waals surface area contributed by atoms with Crippen LogP contribution in [0, 0.1) is 0 Å². The molecule has 1 aromatic heterocycles. The maximum absolute atomic E-state index is 11.6. The molecule has 8 nitrogen and oxygen atoms in total. The van der Waals surface area contributed by atoms with Crippen molar-refractivity contribution in [2.75, 3.05) is 31.1 Å². The molecule has 0 aliphatic carbocycles. The lowest BCUT2D eigenvalue weighted by Crippen LogP contribution is -2.34. The van der Waals surface area contributed by atoms with E-state index in [9.17, 15) is 9.59 Å². The predicted molar refractivity (Wildman–Crippen MR) is 90.0 cm³/mol. The second-order valence-electron chi connectivity index (χ2n) is 5.86. The van der Waals surface area contributed by atoms with Crippen LogP contribution >= 0.6 is 0 Å². The highest BCUT2D eigenvalue weighted by Crippen LogP contribution is 2.29. The summed E-state index contributed by atoms with van der Waals surface area (Å²) in [4.78, 5) is 31.3. The predicted octanol–water partition coefficient (Wildman–Crippen LogP) is 1.09. The lowest BCUT2D eigenvalue weighted by Gasteiger charge is -2.22. The third-order valence-electron chi connectivity index (χ3n) is 4.29. The first-order chi connectivity index (χ1) is 11.5. The normalized spacial score (nSPS) is 15.4. The van der Waals surface area contributed by atoms with Crippen molar-refractivity contribution in [1.29, 1.82) is 0 Å². The number of aromatic nitrogens is 2. The zero-order chi connectivity index (χ0) is 17.3. The van der Waals surface area contributed by atoms with Crippen LogP contribution in [0.2, 0.25) is 0 Å². The number of carbonyl (C=O) groups is 2. The van der Waals surface area contributed by atoms with Crippen LogP contribution in [0.25, 0.3) is 11.0 Å². The minimum Gasteiger partial charge on any atom is -0.408 e. The number of hydrogen-bond acceptors (Lipinski definition) is 5. The number of hydrogen-bond donors (Lipinski definition) is 1. The summed E-state index contributed by atoms with van der Waals surface area (Å²) < 4.78 is 7.01. The first-order valence-electron chi connectivity index (χ1n) is 7.90. The van der Waals surface area contributed by atoms with E-state index in [1.807, 2.05) is 22.6 Å². The lowest BCUT2D eigenvalue weighted by molar-refractivity contribution is -0.128. The number of fused-ring (bicyclic) bond motifs is 1. The van der Waals surface area contributed by atoms with Crippen LogP contribution in [-0.2, 0) is 11.8 Å². The van der Waals surface area contributed by atoms with Crippen LogP contribution in [-0.4, -0.2) is 52.6 Å². The molecular formula is C16H21N5O3. The lowest BCUT2D eigenvalue weighted by atomic mass is 10.3. The van der Waals surface area contributed by atoms with Gasteiger partial charge in [-0.05, 0) is 18.6 Å². The highest BCUT2D eigenvalue weighted by Gasteiger charge is 2.22. The van der Waals surface area contributed by atoms with Gasteiger partial charge in [-0.1, -0.05) is 6.07 Å². The number of anilines is 1. The molecule has 2 amide bonds. The van der Waals surface area contributed by atoms with Crippen molar-refractivity contribution in [2.45, 2.75) is 13.3 Å². The molecule has 2 heterocycles. The zero-order valence-electron chi connectivity index (χ0n) is 13.9. The van der Waals surface area contributed by atoms with Crippen LogP contribution in [0.15, 0.2) is 18.2 Å². The van der Waals surface area contributed by atoms with Gasteiger partial charge in [0, 0.05) is 40.2 Å². The maximum atomic E-state index is 11.6. The monoisotopic (exact) mass is 331 g/mol. The number of amides is 2. The van der Waals surface area contributed by atoms with Gasteiger partial charge in [0.1, 0.15) is 5.52 Å². The molecule has 1 aliphatic heterocycles. The second-order valence-corrected chi connectivity index (χ2v) is 5.86. The van der Waals surface area contributed by atoms with E-state index in [1.54, 1.807) is 19.1 Å². The number of para-hydroxylation sites is 1. The summed E-state index contributed by atoms with van der Waals surface area (Å²) in [5.74, 6) is 1.23.